The summed E-state index contributed by atoms with van der Waals surface area (Å²) in [7, 11) is 0. The van der Waals surface area contributed by atoms with Crippen LogP contribution in [-0.2, 0) is 17.6 Å². The summed E-state index contributed by atoms with van der Waals surface area (Å²) in [6.45, 7) is 1.84. The monoisotopic (exact) mass is 322 g/mol. The first-order chi connectivity index (χ1) is 11.8. The highest BCUT2D eigenvalue weighted by atomic mass is 16.2. The standard InChI is InChI=1S/C21H26N2O/c24-21(13-6-12-20-11-4-5-14-22-20)23-15-7-10-19(17-23)16-18-8-2-1-3-9-18/h1-5,8-9,11,14,19H,6-7,10,12-13,15-17H2/t19-/m1/s1. The van der Waals surface area contributed by atoms with Crippen LogP contribution in [0.1, 0.15) is 36.9 Å². The van der Waals surface area contributed by atoms with E-state index in [9.17, 15) is 4.79 Å². The third-order valence-corrected chi connectivity index (χ3v) is 4.79. The fraction of sp³-hybridized carbons (Fsp3) is 0.429. The molecule has 0 unspecified atom stereocenters. The second-order valence-electron chi connectivity index (χ2n) is 6.71. The van der Waals surface area contributed by atoms with Crippen LogP contribution in [0.5, 0.6) is 0 Å². The second-order valence-corrected chi connectivity index (χ2v) is 6.71. The van der Waals surface area contributed by atoms with E-state index in [1.54, 1.807) is 0 Å². The van der Waals surface area contributed by atoms with E-state index in [1.807, 2.05) is 24.4 Å². The highest BCUT2D eigenvalue weighted by molar-refractivity contribution is 5.76. The molecule has 0 saturated carbocycles. The van der Waals surface area contributed by atoms with Gasteiger partial charge in [0.25, 0.3) is 0 Å². The lowest BCUT2D eigenvalue weighted by molar-refractivity contribution is -0.133. The molecule has 0 spiro atoms. The fourth-order valence-corrected chi connectivity index (χ4v) is 3.53. The molecule has 3 heteroatoms. The Balaban J connectivity index is 1.44. The normalized spacial score (nSPS) is 17.7. The molecular formula is C21H26N2O. The van der Waals surface area contributed by atoms with Gasteiger partial charge in [-0.05, 0) is 55.7 Å². The summed E-state index contributed by atoms with van der Waals surface area (Å²) in [4.78, 5) is 18.9. The molecule has 2 heterocycles. The van der Waals surface area contributed by atoms with Crippen molar-refractivity contribution < 1.29 is 4.79 Å². The maximum atomic E-state index is 12.5. The van der Waals surface area contributed by atoms with Crippen molar-refractivity contribution in [3.63, 3.8) is 0 Å². The highest BCUT2D eigenvalue weighted by Crippen LogP contribution is 2.21. The Labute approximate surface area is 144 Å². The average Bonchev–Trinajstić information content (AvgIpc) is 2.64. The van der Waals surface area contributed by atoms with Crippen LogP contribution in [0.15, 0.2) is 54.7 Å². The van der Waals surface area contributed by atoms with Gasteiger partial charge in [0.2, 0.25) is 5.91 Å². The average molecular weight is 322 g/mol. The zero-order chi connectivity index (χ0) is 16.6. The molecule has 126 valence electrons. The fourth-order valence-electron chi connectivity index (χ4n) is 3.53. The summed E-state index contributed by atoms with van der Waals surface area (Å²) in [5, 5.41) is 0. The molecule has 1 aromatic carbocycles. The van der Waals surface area contributed by atoms with Gasteiger partial charge in [-0.25, -0.2) is 0 Å². The van der Waals surface area contributed by atoms with E-state index in [0.717, 1.165) is 44.5 Å². The summed E-state index contributed by atoms with van der Waals surface area (Å²) >= 11 is 0. The van der Waals surface area contributed by atoms with Crippen molar-refractivity contribution in [1.29, 1.82) is 0 Å². The van der Waals surface area contributed by atoms with Crippen LogP contribution < -0.4 is 0 Å². The van der Waals surface area contributed by atoms with Crippen LogP contribution in [-0.4, -0.2) is 28.9 Å². The Bertz CT molecular complexity index is 627. The van der Waals surface area contributed by atoms with Crippen molar-refractivity contribution >= 4 is 5.91 Å². The summed E-state index contributed by atoms with van der Waals surface area (Å²) in [6.07, 6.45) is 7.66. The number of hydrogen-bond donors (Lipinski definition) is 0. The van der Waals surface area contributed by atoms with Gasteiger partial charge in [-0.2, -0.15) is 0 Å². The lowest BCUT2D eigenvalue weighted by Gasteiger charge is -2.33. The van der Waals surface area contributed by atoms with Gasteiger partial charge in [-0.15, -0.1) is 0 Å². The molecule has 1 saturated heterocycles. The van der Waals surface area contributed by atoms with Crippen molar-refractivity contribution in [3.05, 3.63) is 66.0 Å². The van der Waals surface area contributed by atoms with E-state index in [2.05, 4.69) is 40.2 Å². The van der Waals surface area contributed by atoms with Gasteiger partial charge < -0.3 is 4.90 Å². The lowest BCUT2D eigenvalue weighted by Crippen LogP contribution is -2.40. The van der Waals surface area contributed by atoms with Crippen LogP contribution in [0.3, 0.4) is 0 Å². The number of rotatable bonds is 6. The first kappa shape index (κ1) is 16.7. The topological polar surface area (TPSA) is 33.2 Å². The Kier molecular flexibility index (Phi) is 6.00. The molecule has 1 aromatic heterocycles. The minimum absolute atomic E-state index is 0.309. The molecule has 3 rings (SSSR count). The molecule has 1 aliphatic heterocycles. The van der Waals surface area contributed by atoms with Crippen molar-refractivity contribution in [3.8, 4) is 0 Å². The van der Waals surface area contributed by atoms with E-state index in [1.165, 1.54) is 12.0 Å². The number of carbonyl (C=O) groups excluding carboxylic acids is 1. The van der Waals surface area contributed by atoms with Gasteiger partial charge in [0.15, 0.2) is 0 Å². The van der Waals surface area contributed by atoms with Crippen LogP contribution in [0, 0.1) is 5.92 Å². The number of aromatic nitrogens is 1. The second kappa shape index (κ2) is 8.62. The summed E-state index contributed by atoms with van der Waals surface area (Å²) < 4.78 is 0. The Morgan fingerprint density at radius 2 is 1.96 bits per heavy atom. The largest absolute Gasteiger partial charge is 0.342 e. The molecule has 0 bridgehead atoms. The minimum atomic E-state index is 0.309. The van der Waals surface area contributed by atoms with Gasteiger partial charge >= 0.3 is 0 Å². The van der Waals surface area contributed by atoms with Crippen LogP contribution in [0.4, 0.5) is 0 Å². The van der Waals surface area contributed by atoms with Gasteiger partial charge in [-0.1, -0.05) is 36.4 Å². The van der Waals surface area contributed by atoms with Gasteiger partial charge in [0, 0.05) is 31.4 Å². The number of hydrogen-bond acceptors (Lipinski definition) is 2. The van der Waals surface area contributed by atoms with Crippen LogP contribution >= 0.6 is 0 Å². The number of likely N-dealkylation sites (tertiary alicyclic amines) is 1. The zero-order valence-corrected chi connectivity index (χ0v) is 14.2. The predicted molar refractivity (Wildman–Crippen MR) is 96.6 cm³/mol. The number of amides is 1. The summed E-state index contributed by atoms with van der Waals surface area (Å²) in [6, 6.07) is 16.6. The summed E-state index contributed by atoms with van der Waals surface area (Å²) in [5.74, 6) is 0.907. The van der Waals surface area contributed by atoms with Crippen molar-refractivity contribution in [1.82, 2.24) is 9.88 Å². The van der Waals surface area contributed by atoms with Crippen molar-refractivity contribution in [2.24, 2.45) is 5.92 Å². The smallest absolute Gasteiger partial charge is 0.222 e. The van der Waals surface area contributed by atoms with Crippen LogP contribution in [0.25, 0.3) is 0 Å². The Hall–Kier alpha value is -2.16. The SMILES string of the molecule is O=C(CCCc1ccccn1)N1CCC[C@H](Cc2ccccc2)C1. The number of aryl methyl sites for hydroxylation is 1. The lowest BCUT2D eigenvalue weighted by atomic mass is 9.91. The number of benzene rings is 1. The van der Waals surface area contributed by atoms with Crippen LogP contribution in [0.2, 0.25) is 0 Å². The molecule has 3 nitrogen and oxygen atoms in total. The van der Waals surface area contributed by atoms with Crippen molar-refractivity contribution in [2.75, 3.05) is 13.1 Å². The third-order valence-electron chi connectivity index (χ3n) is 4.79. The molecule has 2 aromatic rings. The molecule has 24 heavy (non-hydrogen) atoms. The number of nitrogens with zero attached hydrogens (tertiary/aromatic N) is 2. The maximum Gasteiger partial charge on any atom is 0.222 e. The quantitative estimate of drug-likeness (QED) is 0.808. The molecular weight excluding hydrogens is 296 g/mol. The predicted octanol–water partition coefficient (Wildman–Crippen LogP) is 3.89. The zero-order valence-electron chi connectivity index (χ0n) is 14.2. The Morgan fingerprint density at radius 1 is 1.12 bits per heavy atom. The Morgan fingerprint density at radius 3 is 2.75 bits per heavy atom. The molecule has 1 atom stereocenters. The number of pyridine rings is 1. The van der Waals surface area contributed by atoms with Gasteiger partial charge in [-0.3, -0.25) is 9.78 Å². The maximum absolute atomic E-state index is 12.5. The molecule has 1 aliphatic rings. The number of piperidine rings is 1. The third kappa shape index (κ3) is 4.92. The highest BCUT2D eigenvalue weighted by Gasteiger charge is 2.23. The van der Waals surface area contributed by atoms with E-state index in [-0.39, 0.29) is 0 Å². The van der Waals surface area contributed by atoms with E-state index in [0.29, 0.717) is 18.2 Å². The van der Waals surface area contributed by atoms with Crippen molar-refractivity contribution in [2.45, 2.75) is 38.5 Å². The minimum Gasteiger partial charge on any atom is -0.342 e. The molecule has 1 fully saturated rings. The van der Waals surface area contributed by atoms with E-state index in [4.69, 9.17) is 0 Å². The molecule has 0 N–H and O–H groups in total. The van der Waals surface area contributed by atoms with E-state index < -0.39 is 0 Å². The first-order valence-electron chi connectivity index (χ1n) is 9.03. The molecule has 1 amide bonds. The van der Waals surface area contributed by atoms with E-state index >= 15 is 0 Å². The first-order valence-corrected chi connectivity index (χ1v) is 9.03. The molecule has 0 aliphatic carbocycles. The molecule has 0 radical (unpaired) electrons. The summed E-state index contributed by atoms with van der Waals surface area (Å²) in [5.41, 5.74) is 2.46. The van der Waals surface area contributed by atoms with Gasteiger partial charge in [0.1, 0.15) is 0 Å². The number of carbonyl (C=O) groups is 1. The van der Waals surface area contributed by atoms with Gasteiger partial charge in [0.05, 0.1) is 0 Å².